The summed E-state index contributed by atoms with van der Waals surface area (Å²) in [5.74, 6) is 0. The van der Waals surface area contributed by atoms with Crippen LogP contribution in [0, 0.1) is 5.41 Å². The molecule has 0 aliphatic carbocycles. The Morgan fingerprint density at radius 3 is 2.62 bits per heavy atom. The first-order chi connectivity index (χ1) is 6.14. The lowest BCUT2D eigenvalue weighted by molar-refractivity contribution is 0.325. The average Bonchev–Trinajstić information content (AvgIpc) is 2.04. The fraction of sp³-hybridized carbons (Fsp3) is 0.636. The predicted molar refractivity (Wildman–Crippen MR) is 54.4 cm³/mol. The number of hydrogen-bond acceptors (Lipinski definition) is 2. The maximum atomic E-state index is 4.28. The SMILES string of the molecule is CCCC(C)(C)Cc1cnccn1. The summed E-state index contributed by atoms with van der Waals surface area (Å²) in [4.78, 5) is 8.35. The Balaban J connectivity index is 2.58. The van der Waals surface area contributed by atoms with Crippen molar-refractivity contribution in [3.8, 4) is 0 Å². The second kappa shape index (κ2) is 4.35. The maximum Gasteiger partial charge on any atom is 0.0591 e. The average molecular weight is 178 g/mol. The van der Waals surface area contributed by atoms with Crippen molar-refractivity contribution in [3.05, 3.63) is 24.3 Å². The monoisotopic (exact) mass is 178 g/mol. The van der Waals surface area contributed by atoms with E-state index in [1.165, 1.54) is 12.8 Å². The van der Waals surface area contributed by atoms with E-state index in [0.717, 1.165) is 12.1 Å². The normalized spacial score (nSPS) is 11.6. The first-order valence-electron chi connectivity index (χ1n) is 4.89. The number of aromatic nitrogens is 2. The molecule has 0 bridgehead atoms. The largest absolute Gasteiger partial charge is 0.261 e. The standard InChI is InChI=1S/C11H18N2/c1-4-5-11(2,3)8-10-9-12-6-7-13-10/h6-7,9H,4-5,8H2,1-3H3. The van der Waals surface area contributed by atoms with Gasteiger partial charge in [-0.25, -0.2) is 0 Å². The van der Waals surface area contributed by atoms with Gasteiger partial charge in [-0.1, -0.05) is 27.2 Å². The number of nitrogens with zero attached hydrogens (tertiary/aromatic N) is 2. The molecular weight excluding hydrogens is 160 g/mol. The summed E-state index contributed by atoms with van der Waals surface area (Å²) in [6.07, 6.45) is 8.83. The summed E-state index contributed by atoms with van der Waals surface area (Å²) >= 11 is 0. The van der Waals surface area contributed by atoms with Crippen molar-refractivity contribution in [2.75, 3.05) is 0 Å². The third-order valence-corrected chi connectivity index (χ3v) is 2.20. The highest BCUT2D eigenvalue weighted by Gasteiger charge is 2.17. The summed E-state index contributed by atoms with van der Waals surface area (Å²) in [5.41, 5.74) is 1.45. The van der Waals surface area contributed by atoms with Crippen molar-refractivity contribution in [1.82, 2.24) is 9.97 Å². The molecule has 72 valence electrons. The summed E-state index contributed by atoms with van der Waals surface area (Å²) in [7, 11) is 0. The molecule has 0 N–H and O–H groups in total. The van der Waals surface area contributed by atoms with Crippen LogP contribution in [0.1, 0.15) is 39.3 Å². The van der Waals surface area contributed by atoms with Gasteiger partial charge in [0.2, 0.25) is 0 Å². The van der Waals surface area contributed by atoms with E-state index in [0.29, 0.717) is 5.41 Å². The predicted octanol–water partition coefficient (Wildman–Crippen LogP) is 2.85. The molecular formula is C11H18N2. The van der Waals surface area contributed by atoms with Crippen molar-refractivity contribution in [2.45, 2.75) is 40.0 Å². The zero-order valence-corrected chi connectivity index (χ0v) is 8.75. The van der Waals surface area contributed by atoms with Crippen LogP contribution in [0.15, 0.2) is 18.6 Å². The van der Waals surface area contributed by atoms with E-state index >= 15 is 0 Å². The highest BCUT2D eigenvalue weighted by atomic mass is 14.8. The van der Waals surface area contributed by atoms with Crippen molar-refractivity contribution in [3.63, 3.8) is 0 Å². The van der Waals surface area contributed by atoms with Crippen molar-refractivity contribution in [1.29, 1.82) is 0 Å². The molecule has 1 rings (SSSR count). The molecule has 0 aliphatic rings. The molecule has 13 heavy (non-hydrogen) atoms. The van der Waals surface area contributed by atoms with E-state index in [9.17, 15) is 0 Å². The van der Waals surface area contributed by atoms with E-state index in [4.69, 9.17) is 0 Å². The minimum atomic E-state index is 0.352. The minimum absolute atomic E-state index is 0.352. The molecule has 0 unspecified atom stereocenters. The Bertz CT molecular complexity index is 242. The molecule has 2 nitrogen and oxygen atoms in total. The molecule has 2 heteroatoms. The molecule has 1 aromatic heterocycles. The van der Waals surface area contributed by atoms with Crippen molar-refractivity contribution in [2.24, 2.45) is 5.41 Å². The summed E-state index contributed by atoms with van der Waals surface area (Å²) in [6, 6.07) is 0. The van der Waals surface area contributed by atoms with Gasteiger partial charge in [-0.3, -0.25) is 9.97 Å². The molecule has 1 aromatic rings. The Morgan fingerprint density at radius 1 is 1.31 bits per heavy atom. The first kappa shape index (κ1) is 10.2. The van der Waals surface area contributed by atoms with Crippen LogP contribution in [0.3, 0.4) is 0 Å². The minimum Gasteiger partial charge on any atom is -0.261 e. The Labute approximate surface area is 80.4 Å². The molecule has 1 heterocycles. The van der Waals surface area contributed by atoms with Gasteiger partial charge in [0, 0.05) is 18.6 Å². The fourth-order valence-corrected chi connectivity index (χ4v) is 1.68. The van der Waals surface area contributed by atoms with Crippen molar-refractivity contribution < 1.29 is 0 Å². The van der Waals surface area contributed by atoms with Gasteiger partial charge in [0.15, 0.2) is 0 Å². The summed E-state index contributed by atoms with van der Waals surface area (Å²) in [6.45, 7) is 6.79. The highest BCUT2D eigenvalue weighted by Crippen LogP contribution is 2.25. The van der Waals surface area contributed by atoms with Crippen LogP contribution < -0.4 is 0 Å². The van der Waals surface area contributed by atoms with Gasteiger partial charge < -0.3 is 0 Å². The maximum absolute atomic E-state index is 4.28. The van der Waals surface area contributed by atoms with E-state index in [-0.39, 0.29) is 0 Å². The first-order valence-corrected chi connectivity index (χ1v) is 4.89. The smallest absolute Gasteiger partial charge is 0.0591 e. The number of rotatable bonds is 4. The van der Waals surface area contributed by atoms with Gasteiger partial charge in [0.1, 0.15) is 0 Å². The third-order valence-electron chi connectivity index (χ3n) is 2.20. The van der Waals surface area contributed by atoms with Gasteiger partial charge in [-0.2, -0.15) is 0 Å². The summed E-state index contributed by atoms with van der Waals surface area (Å²) < 4.78 is 0. The molecule has 0 atom stereocenters. The van der Waals surface area contributed by atoms with Crippen molar-refractivity contribution >= 4 is 0 Å². The van der Waals surface area contributed by atoms with E-state index in [1.54, 1.807) is 12.4 Å². The third kappa shape index (κ3) is 3.53. The van der Waals surface area contributed by atoms with Crippen LogP contribution in [0.4, 0.5) is 0 Å². The second-order valence-corrected chi connectivity index (χ2v) is 4.29. The quantitative estimate of drug-likeness (QED) is 0.708. The van der Waals surface area contributed by atoms with E-state index in [1.807, 2.05) is 6.20 Å². The molecule has 0 fully saturated rings. The fourth-order valence-electron chi connectivity index (χ4n) is 1.68. The molecule has 0 amide bonds. The topological polar surface area (TPSA) is 25.8 Å². The van der Waals surface area contributed by atoms with Gasteiger partial charge in [-0.15, -0.1) is 0 Å². The molecule has 0 aromatic carbocycles. The van der Waals surface area contributed by atoms with Gasteiger partial charge in [0.25, 0.3) is 0 Å². The lowest BCUT2D eigenvalue weighted by Crippen LogP contribution is -2.15. The Morgan fingerprint density at radius 2 is 2.08 bits per heavy atom. The molecule has 0 saturated heterocycles. The van der Waals surface area contributed by atoms with Crippen LogP contribution in [-0.2, 0) is 6.42 Å². The van der Waals surface area contributed by atoms with Gasteiger partial charge in [-0.05, 0) is 18.3 Å². The Kier molecular flexibility index (Phi) is 3.40. The van der Waals surface area contributed by atoms with Crippen LogP contribution in [0.25, 0.3) is 0 Å². The van der Waals surface area contributed by atoms with Gasteiger partial charge in [0.05, 0.1) is 5.69 Å². The second-order valence-electron chi connectivity index (χ2n) is 4.29. The molecule has 0 radical (unpaired) electrons. The zero-order valence-electron chi connectivity index (χ0n) is 8.75. The van der Waals surface area contributed by atoms with Crippen LogP contribution in [-0.4, -0.2) is 9.97 Å². The molecule has 0 aliphatic heterocycles. The van der Waals surface area contributed by atoms with Crippen LogP contribution >= 0.6 is 0 Å². The zero-order chi connectivity index (χ0) is 9.73. The van der Waals surface area contributed by atoms with Crippen LogP contribution in [0.5, 0.6) is 0 Å². The highest BCUT2D eigenvalue weighted by molar-refractivity contribution is 4.98. The molecule has 0 saturated carbocycles. The van der Waals surface area contributed by atoms with E-state index in [2.05, 4.69) is 30.7 Å². The van der Waals surface area contributed by atoms with Gasteiger partial charge >= 0.3 is 0 Å². The van der Waals surface area contributed by atoms with E-state index < -0.39 is 0 Å². The molecule has 0 spiro atoms. The van der Waals surface area contributed by atoms with Crippen LogP contribution in [0.2, 0.25) is 0 Å². The lowest BCUT2D eigenvalue weighted by Gasteiger charge is -2.22. The lowest BCUT2D eigenvalue weighted by atomic mass is 9.83. The summed E-state index contributed by atoms with van der Waals surface area (Å²) in [5, 5.41) is 0. The number of hydrogen-bond donors (Lipinski definition) is 0. The Hall–Kier alpha value is -0.920.